The van der Waals surface area contributed by atoms with E-state index in [1.807, 2.05) is 6.92 Å². The van der Waals surface area contributed by atoms with Gasteiger partial charge in [0.15, 0.2) is 5.71 Å². The normalized spacial score (nSPS) is 14.0. The first-order valence-electron chi connectivity index (χ1n) is 12.2. The number of carbonyl (C=O) groups is 2. The van der Waals surface area contributed by atoms with E-state index in [9.17, 15) is 37.4 Å². The minimum absolute atomic E-state index is 0.0473. The molecule has 4 aromatic rings. The maximum atomic E-state index is 14.7. The molecular weight excluding hydrogens is 542 g/mol. The van der Waals surface area contributed by atoms with Gasteiger partial charge < -0.3 is 10.2 Å². The van der Waals surface area contributed by atoms with Crippen LogP contribution in [0.3, 0.4) is 0 Å². The summed E-state index contributed by atoms with van der Waals surface area (Å²) in [6.45, 7) is 3.64. The van der Waals surface area contributed by atoms with Crippen LogP contribution in [-0.2, 0) is 11.0 Å². The van der Waals surface area contributed by atoms with Gasteiger partial charge in [0.1, 0.15) is 17.1 Å². The Labute approximate surface area is 231 Å². The van der Waals surface area contributed by atoms with Crippen LogP contribution in [0, 0.1) is 19.7 Å². The number of carbonyl (C=O) groups excluding carboxylic acids is 1. The zero-order valence-corrected chi connectivity index (χ0v) is 21.5. The number of para-hydroxylation sites is 1. The SMILES string of the molecule is Cc1ccc(N2C(=O)C(=NNc3c(-c4ccccc4O)ccc(F)c3C(=O)O)c3ccc(C(F)(F)F)cc32)cc1C. The second-order valence-corrected chi connectivity index (χ2v) is 9.38. The van der Waals surface area contributed by atoms with Gasteiger partial charge in [-0.15, -0.1) is 0 Å². The number of hydrogen-bond acceptors (Lipinski definition) is 5. The van der Waals surface area contributed by atoms with Crippen molar-refractivity contribution in [1.82, 2.24) is 0 Å². The molecule has 41 heavy (non-hydrogen) atoms. The van der Waals surface area contributed by atoms with E-state index in [4.69, 9.17) is 0 Å². The third-order valence-electron chi connectivity index (χ3n) is 6.82. The predicted octanol–water partition coefficient (Wildman–Crippen LogP) is 7.03. The Balaban J connectivity index is 1.69. The van der Waals surface area contributed by atoms with Crippen molar-refractivity contribution in [1.29, 1.82) is 0 Å². The first-order chi connectivity index (χ1) is 19.4. The predicted molar refractivity (Wildman–Crippen MR) is 145 cm³/mol. The summed E-state index contributed by atoms with van der Waals surface area (Å²) in [5, 5.41) is 24.2. The number of phenolic OH excluding ortho intramolecular Hbond substituents is 1. The summed E-state index contributed by atoms with van der Waals surface area (Å²) < 4.78 is 55.5. The Morgan fingerprint density at radius 1 is 0.902 bits per heavy atom. The Bertz CT molecular complexity index is 1770. The molecule has 11 heteroatoms. The van der Waals surface area contributed by atoms with Gasteiger partial charge in [-0.1, -0.05) is 24.3 Å². The molecule has 7 nitrogen and oxygen atoms in total. The van der Waals surface area contributed by atoms with E-state index in [1.165, 1.54) is 18.2 Å². The molecule has 0 fully saturated rings. The van der Waals surface area contributed by atoms with E-state index < -0.39 is 35.0 Å². The Kier molecular flexibility index (Phi) is 6.74. The van der Waals surface area contributed by atoms with E-state index in [2.05, 4.69) is 10.5 Å². The monoisotopic (exact) mass is 563 g/mol. The largest absolute Gasteiger partial charge is 0.507 e. The zero-order valence-electron chi connectivity index (χ0n) is 21.5. The molecule has 208 valence electrons. The molecule has 5 rings (SSSR count). The minimum Gasteiger partial charge on any atom is -0.507 e. The molecule has 0 spiro atoms. The van der Waals surface area contributed by atoms with Crippen LogP contribution in [0.1, 0.15) is 32.6 Å². The van der Waals surface area contributed by atoms with Crippen LogP contribution < -0.4 is 10.3 Å². The van der Waals surface area contributed by atoms with Gasteiger partial charge in [-0.3, -0.25) is 15.1 Å². The Morgan fingerprint density at radius 2 is 1.61 bits per heavy atom. The molecule has 1 heterocycles. The maximum absolute atomic E-state index is 14.7. The van der Waals surface area contributed by atoms with Crippen LogP contribution in [0.25, 0.3) is 11.1 Å². The average molecular weight is 564 g/mol. The van der Waals surface area contributed by atoms with Crippen molar-refractivity contribution in [2.45, 2.75) is 20.0 Å². The fraction of sp³-hybridized carbons (Fsp3) is 0.100. The van der Waals surface area contributed by atoms with Gasteiger partial charge in [-0.2, -0.15) is 18.3 Å². The van der Waals surface area contributed by atoms with Crippen LogP contribution in [0.15, 0.2) is 77.9 Å². The number of alkyl halides is 3. The molecule has 1 aliphatic rings. The molecule has 0 unspecified atom stereocenters. The number of amides is 1. The number of benzene rings is 4. The van der Waals surface area contributed by atoms with Crippen molar-refractivity contribution >= 4 is 34.7 Å². The number of rotatable bonds is 5. The van der Waals surface area contributed by atoms with Crippen molar-refractivity contribution < 1.29 is 37.4 Å². The van der Waals surface area contributed by atoms with Gasteiger partial charge >= 0.3 is 12.1 Å². The molecule has 0 radical (unpaired) electrons. The van der Waals surface area contributed by atoms with Crippen molar-refractivity contribution in [3.63, 3.8) is 0 Å². The molecule has 0 aromatic heterocycles. The van der Waals surface area contributed by atoms with Crippen LogP contribution in [-0.4, -0.2) is 27.8 Å². The fourth-order valence-electron chi connectivity index (χ4n) is 4.59. The number of aromatic carboxylic acids is 1. The Hall–Kier alpha value is -5.19. The van der Waals surface area contributed by atoms with E-state index in [0.29, 0.717) is 5.69 Å². The van der Waals surface area contributed by atoms with Gasteiger partial charge in [0.25, 0.3) is 5.91 Å². The van der Waals surface area contributed by atoms with Crippen molar-refractivity contribution in [2.24, 2.45) is 5.10 Å². The topological polar surface area (TPSA) is 102 Å². The molecule has 1 aliphatic heterocycles. The first-order valence-corrected chi connectivity index (χ1v) is 12.2. The molecule has 0 saturated heterocycles. The summed E-state index contributed by atoms with van der Waals surface area (Å²) in [5.41, 5.74) is 2.19. The number of nitrogens with one attached hydrogen (secondary N) is 1. The molecule has 0 aliphatic carbocycles. The standard InChI is InChI=1S/C30H21F4N3O4/c1-15-7-9-18(13-16(15)2)37-23-14-17(30(32,33)34)8-10-21(23)27(28(37)39)36-35-26-20(19-5-3-4-6-24(19)38)11-12-22(31)25(26)29(40)41/h3-14,35,38H,1-2H3,(H,40,41). The third-order valence-corrected chi connectivity index (χ3v) is 6.82. The number of anilines is 3. The van der Waals surface area contributed by atoms with E-state index in [0.717, 1.165) is 40.3 Å². The average Bonchev–Trinajstić information content (AvgIpc) is 3.19. The summed E-state index contributed by atoms with van der Waals surface area (Å²) in [4.78, 5) is 26.8. The summed E-state index contributed by atoms with van der Waals surface area (Å²) >= 11 is 0. The van der Waals surface area contributed by atoms with Crippen molar-refractivity contribution in [3.8, 4) is 16.9 Å². The highest BCUT2D eigenvalue weighted by Gasteiger charge is 2.39. The second-order valence-electron chi connectivity index (χ2n) is 9.38. The lowest BCUT2D eigenvalue weighted by Crippen LogP contribution is -2.26. The minimum atomic E-state index is -4.68. The molecule has 0 atom stereocenters. The van der Waals surface area contributed by atoms with Gasteiger partial charge in [-0.25, -0.2) is 9.18 Å². The molecule has 0 saturated carbocycles. The number of halogens is 4. The number of carboxylic acid groups (broad SMARTS) is 1. The number of fused-ring (bicyclic) bond motifs is 1. The molecule has 1 amide bonds. The summed E-state index contributed by atoms with van der Waals surface area (Å²) in [5.74, 6) is -3.77. The molecule has 3 N–H and O–H groups in total. The second kappa shape index (κ2) is 10.1. The molecular formula is C30H21F4N3O4. The highest BCUT2D eigenvalue weighted by molar-refractivity contribution is 6.55. The highest BCUT2D eigenvalue weighted by Crippen LogP contribution is 2.42. The smallest absolute Gasteiger partial charge is 0.416 e. The number of hydrazone groups is 1. The lowest BCUT2D eigenvalue weighted by molar-refractivity contribution is -0.137. The van der Waals surface area contributed by atoms with Crippen LogP contribution in [0.2, 0.25) is 0 Å². The first kappa shape index (κ1) is 27.4. The number of aromatic hydroxyl groups is 1. The fourth-order valence-corrected chi connectivity index (χ4v) is 4.59. The number of carboxylic acids is 1. The summed E-state index contributed by atoms with van der Waals surface area (Å²) in [6, 6.07) is 15.8. The zero-order chi connectivity index (χ0) is 29.6. The third kappa shape index (κ3) is 4.86. The lowest BCUT2D eigenvalue weighted by atomic mass is 9.99. The van der Waals surface area contributed by atoms with E-state index in [1.54, 1.807) is 37.3 Å². The van der Waals surface area contributed by atoms with E-state index in [-0.39, 0.29) is 39.5 Å². The van der Waals surface area contributed by atoms with Crippen LogP contribution in [0.4, 0.5) is 34.6 Å². The number of phenols is 1. The van der Waals surface area contributed by atoms with Crippen molar-refractivity contribution in [3.05, 3.63) is 106 Å². The molecule has 0 bridgehead atoms. The van der Waals surface area contributed by atoms with Gasteiger partial charge in [0.05, 0.1) is 16.9 Å². The van der Waals surface area contributed by atoms with Crippen molar-refractivity contribution in [2.75, 3.05) is 10.3 Å². The quantitative estimate of drug-likeness (QED) is 0.179. The highest BCUT2D eigenvalue weighted by atomic mass is 19.4. The number of hydrogen-bond donors (Lipinski definition) is 3. The van der Waals surface area contributed by atoms with Gasteiger partial charge in [0.2, 0.25) is 0 Å². The van der Waals surface area contributed by atoms with Crippen LogP contribution in [0.5, 0.6) is 5.75 Å². The summed E-state index contributed by atoms with van der Waals surface area (Å²) in [6.07, 6.45) is -4.68. The maximum Gasteiger partial charge on any atom is 0.416 e. The molecule has 4 aromatic carbocycles. The van der Waals surface area contributed by atoms with Gasteiger partial charge in [0, 0.05) is 22.4 Å². The van der Waals surface area contributed by atoms with Crippen LogP contribution >= 0.6 is 0 Å². The summed E-state index contributed by atoms with van der Waals surface area (Å²) in [7, 11) is 0. The van der Waals surface area contributed by atoms with Gasteiger partial charge in [-0.05, 0) is 73.5 Å². The lowest BCUT2D eigenvalue weighted by Gasteiger charge is -2.19. The number of nitrogens with zero attached hydrogens (tertiary/aromatic N) is 2. The number of aryl methyl sites for hydroxylation is 2. The van der Waals surface area contributed by atoms with E-state index >= 15 is 0 Å². The Morgan fingerprint density at radius 3 is 2.27 bits per heavy atom.